The molecule has 0 aliphatic carbocycles. The first kappa shape index (κ1) is 15.4. The molecule has 114 valence electrons. The van der Waals surface area contributed by atoms with Crippen LogP contribution in [0.25, 0.3) is 0 Å². The van der Waals surface area contributed by atoms with E-state index in [4.69, 9.17) is 4.74 Å². The fourth-order valence-electron chi connectivity index (χ4n) is 1.84. The molecule has 1 aromatic heterocycles. The molecule has 0 saturated heterocycles. The molecule has 7 heteroatoms. The van der Waals surface area contributed by atoms with Crippen LogP contribution >= 0.6 is 0 Å². The molecule has 0 saturated carbocycles. The van der Waals surface area contributed by atoms with Gasteiger partial charge in [-0.15, -0.1) is 0 Å². The zero-order chi connectivity index (χ0) is 15.9. The van der Waals surface area contributed by atoms with Crippen molar-refractivity contribution in [3.05, 3.63) is 48.0 Å². The maximum absolute atomic E-state index is 11.9. The van der Waals surface area contributed by atoms with Gasteiger partial charge >= 0.3 is 0 Å². The van der Waals surface area contributed by atoms with Crippen LogP contribution in [0, 0.1) is 0 Å². The Hall–Kier alpha value is -2.96. The number of carbonyl (C=O) groups is 2. The Morgan fingerprint density at radius 2 is 2.09 bits per heavy atom. The minimum atomic E-state index is -0.315. The van der Waals surface area contributed by atoms with Crippen LogP contribution in [0.2, 0.25) is 0 Å². The molecule has 0 aliphatic heterocycles. The van der Waals surface area contributed by atoms with E-state index in [0.717, 1.165) is 5.56 Å². The largest absolute Gasteiger partial charge is 0.495 e. The Kier molecular flexibility index (Phi) is 5.02. The molecule has 1 heterocycles. The lowest BCUT2D eigenvalue weighted by atomic mass is 10.1. The number of aromatic nitrogens is 2. The van der Waals surface area contributed by atoms with Crippen LogP contribution in [0.4, 0.5) is 5.69 Å². The number of nitrogens with one attached hydrogen (secondary N) is 2. The summed E-state index contributed by atoms with van der Waals surface area (Å²) in [6.07, 6.45) is 4.35. The number of hydrogen-bond donors (Lipinski definition) is 2. The van der Waals surface area contributed by atoms with E-state index < -0.39 is 0 Å². The molecule has 1 aromatic carbocycles. The van der Waals surface area contributed by atoms with Crippen molar-refractivity contribution in [3.63, 3.8) is 0 Å². The zero-order valence-electron chi connectivity index (χ0n) is 12.3. The number of rotatable bonds is 5. The molecule has 0 aliphatic rings. The average molecular weight is 300 g/mol. The number of benzene rings is 1. The molecule has 2 N–H and O–H groups in total. The third kappa shape index (κ3) is 4.02. The Balaban J connectivity index is 2.07. The lowest BCUT2D eigenvalue weighted by Gasteiger charge is -2.11. The van der Waals surface area contributed by atoms with E-state index in [1.807, 2.05) is 0 Å². The smallest absolute Gasteiger partial charge is 0.271 e. The van der Waals surface area contributed by atoms with Crippen LogP contribution in [0.15, 0.2) is 36.8 Å². The molecular formula is C15H16N4O3. The second-order valence-corrected chi connectivity index (χ2v) is 4.49. The van der Waals surface area contributed by atoms with E-state index in [2.05, 4.69) is 20.6 Å². The van der Waals surface area contributed by atoms with Gasteiger partial charge in [0.05, 0.1) is 19.0 Å². The minimum Gasteiger partial charge on any atom is -0.495 e. The first-order chi connectivity index (χ1) is 10.6. The molecular weight excluding hydrogens is 284 g/mol. The van der Waals surface area contributed by atoms with E-state index >= 15 is 0 Å². The van der Waals surface area contributed by atoms with Gasteiger partial charge in [0.2, 0.25) is 5.91 Å². The lowest BCUT2D eigenvalue weighted by Crippen LogP contribution is -2.24. The zero-order valence-corrected chi connectivity index (χ0v) is 12.3. The monoisotopic (exact) mass is 300 g/mol. The molecule has 0 atom stereocenters. The normalized spacial score (nSPS) is 9.91. The van der Waals surface area contributed by atoms with Crippen molar-refractivity contribution in [1.82, 2.24) is 15.3 Å². The van der Waals surface area contributed by atoms with Crippen molar-refractivity contribution < 1.29 is 14.3 Å². The summed E-state index contributed by atoms with van der Waals surface area (Å²) in [6, 6.07) is 5.29. The summed E-state index contributed by atoms with van der Waals surface area (Å²) in [7, 11) is 1.52. The van der Waals surface area contributed by atoms with Crippen LogP contribution in [0.5, 0.6) is 5.75 Å². The molecule has 0 spiro atoms. The molecule has 0 radical (unpaired) electrons. The number of carbonyl (C=O) groups excluding carboxylic acids is 2. The van der Waals surface area contributed by atoms with Gasteiger partial charge in [-0.2, -0.15) is 0 Å². The average Bonchev–Trinajstić information content (AvgIpc) is 2.53. The Morgan fingerprint density at radius 3 is 2.73 bits per heavy atom. The summed E-state index contributed by atoms with van der Waals surface area (Å²) in [4.78, 5) is 30.9. The van der Waals surface area contributed by atoms with Gasteiger partial charge in [-0.1, -0.05) is 6.07 Å². The molecule has 0 bridgehead atoms. The number of amides is 2. The highest BCUT2D eigenvalue weighted by Crippen LogP contribution is 2.25. The minimum absolute atomic E-state index is 0.195. The summed E-state index contributed by atoms with van der Waals surface area (Å²) in [5.74, 6) is 0.0447. The number of methoxy groups -OCH3 is 1. The lowest BCUT2D eigenvalue weighted by molar-refractivity contribution is -0.114. The fourth-order valence-corrected chi connectivity index (χ4v) is 1.84. The quantitative estimate of drug-likeness (QED) is 0.870. The number of hydrogen-bond acceptors (Lipinski definition) is 5. The highest BCUT2D eigenvalue weighted by Gasteiger charge is 2.09. The molecule has 22 heavy (non-hydrogen) atoms. The highest BCUT2D eigenvalue weighted by atomic mass is 16.5. The third-order valence-electron chi connectivity index (χ3n) is 2.82. The van der Waals surface area contributed by atoms with Gasteiger partial charge in [0.25, 0.3) is 5.91 Å². The van der Waals surface area contributed by atoms with Gasteiger partial charge < -0.3 is 15.4 Å². The standard InChI is InChI=1S/C15H16N4O3/c1-10(20)19-12-7-11(3-4-14(12)22-2)8-18-15(21)13-9-16-5-6-17-13/h3-7,9H,8H2,1-2H3,(H,18,21)(H,19,20). The van der Waals surface area contributed by atoms with Crippen LogP contribution in [-0.2, 0) is 11.3 Å². The molecule has 2 aromatic rings. The second-order valence-electron chi connectivity index (χ2n) is 4.49. The summed E-state index contributed by atoms with van der Waals surface area (Å²) in [5, 5.41) is 5.42. The van der Waals surface area contributed by atoms with Crippen LogP contribution in [-0.4, -0.2) is 28.9 Å². The van der Waals surface area contributed by atoms with E-state index in [-0.39, 0.29) is 17.5 Å². The predicted molar refractivity (Wildman–Crippen MR) is 80.5 cm³/mol. The maximum Gasteiger partial charge on any atom is 0.271 e. The van der Waals surface area contributed by atoms with Crippen LogP contribution in [0.1, 0.15) is 23.0 Å². The molecule has 0 unspecified atom stereocenters. The van der Waals surface area contributed by atoms with Crippen molar-refractivity contribution in [1.29, 1.82) is 0 Å². The number of anilines is 1. The molecule has 7 nitrogen and oxygen atoms in total. The number of ether oxygens (including phenoxy) is 1. The van der Waals surface area contributed by atoms with E-state index in [1.165, 1.54) is 32.6 Å². The van der Waals surface area contributed by atoms with Crippen LogP contribution < -0.4 is 15.4 Å². The van der Waals surface area contributed by atoms with E-state index in [9.17, 15) is 9.59 Å². The summed E-state index contributed by atoms with van der Waals surface area (Å²) < 4.78 is 5.18. The molecule has 2 amide bonds. The van der Waals surface area contributed by atoms with Gasteiger partial charge in [-0.3, -0.25) is 14.6 Å². The molecule has 2 rings (SSSR count). The maximum atomic E-state index is 11.9. The van der Waals surface area contributed by atoms with Gasteiger partial charge in [0.1, 0.15) is 11.4 Å². The first-order valence-corrected chi connectivity index (χ1v) is 6.59. The summed E-state index contributed by atoms with van der Waals surface area (Å²) in [6.45, 7) is 1.72. The Labute approximate surface area is 127 Å². The third-order valence-corrected chi connectivity index (χ3v) is 2.82. The second kappa shape index (κ2) is 7.16. The van der Waals surface area contributed by atoms with E-state index in [1.54, 1.807) is 18.2 Å². The van der Waals surface area contributed by atoms with Gasteiger partial charge in [0, 0.05) is 25.9 Å². The summed E-state index contributed by atoms with van der Waals surface area (Å²) >= 11 is 0. The van der Waals surface area contributed by atoms with Crippen molar-refractivity contribution >= 4 is 17.5 Å². The highest BCUT2D eigenvalue weighted by molar-refractivity contribution is 5.92. The fraction of sp³-hybridized carbons (Fsp3) is 0.200. The van der Waals surface area contributed by atoms with Crippen molar-refractivity contribution in [2.45, 2.75) is 13.5 Å². The Morgan fingerprint density at radius 1 is 1.27 bits per heavy atom. The predicted octanol–water partition coefficient (Wildman–Crippen LogP) is 1.37. The van der Waals surface area contributed by atoms with Crippen molar-refractivity contribution in [2.24, 2.45) is 0 Å². The van der Waals surface area contributed by atoms with Crippen LogP contribution in [0.3, 0.4) is 0 Å². The van der Waals surface area contributed by atoms with Gasteiger partial charge in [-0.25, -0.2) is 4.98 Å². The Bertz CT molecular complexity index is 674. The number of nitrogens with zero attached hydrogens (tertiary/aromatic N) is 2. The van der Waals surface area contributed by atoms with Gasteiger partial charge in [0.15, 0.2) is 0 Å². The van der Waals surface area contributed by atoms with E-state index in [0.29, 0.717) is 18.0 Å². The van der Waals surface area contributed by atoms with Crippen molar-refractivity contribution in [2.75, 3.05) is 12.4 Å². The molecule has 0 fully saturated rings. The first-order valence-electron chi connectivity index (χ1n) is 6.59. The van der Waals surface area contributed by atoms with Gasteiger partial charge in [-0.05, 0) is 17.7 Å². The van der Waals surface area contributed by atoms with Crippen molar-refractivity contribution in [3.8, 4) is 5.75 Å². The summed E-state index contributed by atoms with van der Waals surface area (Å²) in [5.41, 5.74) is 1.63. The topological polar surface area (TPSA) is 93.2 Å². The SMILES string of the molecule is COc1ccc(CNC(=O)c2cnccn2)cc1NC(C)=O.